The normalized spacial score (nSPS) is 11.2. The second kappa shape index (κ2) is 2.92. The van der Waals surface area contributed by atoms with E-state index in [2.05, 4.69) is 24.2 Å². The quantitative estimate of drug-likeness (QED) is 0.643. The van der Waals surface area contributed by atoms with Gasteiger partial charge in [-0.25, -0.2) is 4.09 Å². The van der Waals surface area contributed by atoms with Gasteiger partial charge in [-0.1, -0.05) is 6.58 Å². The van der Waals surface area contributed by atoms with Gasteiger partial charge in [-0.2, -0.15) is 16.2 Å². The van der Waals surface area contributed by atoms with Crippen molar-refractivity contribution in [2.45, 2.75) is 0 Å². The highest BCUT2D eigenvalue weighted by Gasteiger charge is 1.93. The summed E-state index contributed by atoms with van der Waals surface area (Å²) in [6, 6.07) is 1.97. The third-order valence-electron chi connectivity index (χ3n) is 1.22. The van der Waals surface area contributed by atoms with Crippen LogP contribution in [0.25, 0.3) is 6.08 Å². The maximum atomic E-state index is 4.26. The molecule has 0 aromatic carbocycles. The molecule has 0 aliphatic carbocycles. The zero-order valence-corrected chi connectivity index (χ0v) is 7.18. The van der Waals surface area contributed by atoms with Crippen LogP contribution in [0.2, 0.25) is 0 Å². The number of hydrogen-bond donors (Lipinski definition) is 1. The molecule has 0 unspecified atom stereocenters. The molecule has 2 nitrogen and oxygen atoms in total. The summed E-state index contributed by atoms with van der Waals surface area (Å²) in [4.78, 5) is 0. The summed E-state index contributed by atoms with van der Waals surface area (Å²) < 4.78 is 1.98. The zero-order chi connectivity index (χ0) is 7.56. The second-order valence-electron chi connectivity index (χ2n) is 2.21. The fourth-order valence-electron chi connectivity index (χ4n) is 0.660. The first kappa shape index (κ1) is 7.41. The van der Waals surface area contributed by atoms with E-state index >= 15 is 0 Å². The van der Waals surface area contributed by atoms with Crippen LogP contribution in [0, 0.1) is 0 Å². The highest BCUT2D eigenvalue weighted by molar-refractivity contribution is 8.14. The maximum Gasteiger partial charge on any atom is 0.0854 e. The Kier molecular flexibility index (Phi) is 2.17. The minimum Gasteiger partial charge on any atom is -0.236 e. The van der Waals surface area contributed by atoms with Crippen LogP contribution in [0.3, 0.4) is 0 Å². The van der Waals surface area contributed by atoms with Gasteiger partial charge >= 0.3 is 0 Å². The van der Waals surface area contributed by atoms with E-state index in [-0.39, 0.29) is 11.1 Å². The van der Waals surface area contributed by atoms with Crippen LogP contribution in [-0.2, 0) is 0 Å². The van der Waals surface area contributed by atoms with E-state index in [0.717, 1.165) is 5.69 Å². The van der Waals surface area contributed by atoms with Crippen molar-refractivity contribution in [3.63, 3.8) is 0 Å². The zero-order valence-electron chi connectivity index (χ0n) is 6.28. The van der Waals surface area contributed by atoms with Crippen molar-refractivity contribution in [1.82, 2.24) is 9.19 Å². The first-order valence-electron chi connectivity index (χ1n) is 3.10. The first-order valence-corrected chi connectivity index (χ1v) is 5.28. The van der Waals surface area contributed by atoms with Crippen LogP contribution in [0.4, 0.5) is 0 Å². The van der Waals surface area contributed by atoms with E-state index in [1.54, 1.807) is 6.08 Å². The molecule has 0 saturated carbocycles. The molecule has 1 rings (SSSR count). The Bertz CT molecular complexity index is 227. The second-order valence-corrected chi connectivity index (χ2v) is 4.32. The van der Waals surface area contributed by atoms with Gasteiger partial charge in [0.05, 0.1) is 5.69 Å². The molecule has 0 radical (unpaired) electrons. The van der Waals surface area contributed by atoms with Gasteiger partial charge in [-0.3, -0.25) is 0 Å². The van der Waals surface area contributed by atoms with Crippen molar-refractivity contribution in [2.75, 3.05) is 12.5 Å². The summed E-state index contributed by atoms with van der Waals surface area (Å²) in [5.41, 5.74) is 0.955. The van der Waals surface area contributed by atoms with Crippen LogP contribution >= 0.6 is 11.1 Å². The van der Waals surface area contributed by atoms with Crippen molar-refractivity contribution in [2.24, 2.45) is 0 Å². The topological polar surface area (TPSA) is 17.8 Å². The van der Waals surface area contributed by atoms with Crippen LogP contribution < -0.4 is 0 Å². The summed E-state index contributed by atoms with van der Waals surface area (Å²) in [7, 11) is 0. The minimum atomic E-state index is -0.123. The Hall–Kier alpha value is -0.700. The molecule has 10 heavy (non-hydrogen) atoms. The molecule has 0 saturated heterocycles. The number of rotatable bonds is 2. The molecule has 1 heterocycles. The summed E-state index contributed by atoms with van der Waals surface area (Å²) >= 11 is -0.123. The first-order chi connectivity index (χ1) is 4.74. The molecule has 1 aromatic rings. The summed E-state index contributed by atoms with van der Waals surface area (Å²) in [5, 5.41) is 4.26. The molecule has 1 aromatic heterocycles. The Morgan fingerprint density at radius 2 is 2.40 bits per heavy atom. The van der Waals surface area contributed by atoms with E-state index in [9.17, 15) is 0 Å². The van der Waals surface area contributed by atoms with Crippen molar-refractivity contribution < 1.29 is 0 Å². The fraction of sp³-hybridized carbons (Fsp3) is 0.286. The standard InChI is InChI=1S/C7H12N2S/c1-4-7-5-6-9(8-7)10(2)3/h4-6,10H,1H2,2-3H3. The molecule has 0 aliphatic heterocycles. The summed E-state index contributed by atoms with van der Waals surface area (Å²) in [6.07, 6.45) is 8.07. The van der Waals surface area contributed by atoms with Gasteiger partial charge in [0.15, 0.2) is 0 Å². The molecular weight excluding hydrogens is 144 g/mol. The van der Waals surface area contributed by atoms with E-state index in [1.165, 1.54) is 0 Å². The lowest BCUT2D eigenvalue weighted by molar-refractivity contribution is 0.997. The van der Waals surface area contributed by atoms with Gasteiger partial charge in [0.25, 0.3) is 0 Å². The average molecular weight is 156 g/mol. The van der Waals surface area contributed by atoms with E-state index < -0.39 is 0 Å². The van der Waals surface area contributed by atoms with Crippen molar-refractivity contribution in [3.05, 3.63) is 24.5 Å². The molecule has 0 atom stereocenters. The third-order valence-corrected chi connectivity index (χ3v) is 2.26. The number of nitrogens with zero attached hydrogens (tertiary/aromatic N) is 2. The predicted molar refractivity (Wildman–Crippen MR) is 48.6 cm³/mol. The smallest absolute Gasteiger partial charge is 0.0854 e. The molecule has 0 bridgehead atoms. The SMILES string of the molecule is C=Cc1ccn([SH](C)C)n1. The van der Waals surface area contributed by atoms with Gasteiger partial charge in [0.2, 0.25) is 0 Å². The monoisotopic (exact) mass is 156 g/mol. The molecule has 56 valence electrons. The summed E-state index contributed by atoms with van der Waals surface area (Å²) in [6.45, 7) is 3.63. The Morgan fingerprint density at radius 3 is 2.70 bits per heavy atom. The number of hydrogen-bond acceptors (Lipinski definition) is 1. The van der Waals surface area contributed by atoms with Crippen molar-refractivity contribution in [1.29, 1.82) is 0 Å². The van der Waals surface area contributed by atoms with Gasteiger partial charge in [0.1, 0.15) is 0 Å². The largest absolute Gasteiger partial charge is 0.236 e. The number of aromatic nitrogens is 2. The minimum absolute atomic E-state index is 0.123. The lowest BCUT2D eigenvalue weighted by atomic mass is 10.4. The fourth-order valence-corrected chi connectivity index (χ4v) is 1.28. The highest BCUT2D eigenvalue weighted by atomic mass is 32.2. The molecule has 0 aliphatic rings. The van der Waals surface area contributed by atoms with Crippen molar-refractivity contribution >= 4 is 17.2 Å². The lowest BCUT2D eigenvalue weighted by Gasteiger charge is -2.07. The molecule has 0 spiro atoms. The number of thiol groups is 1. The van der Waals surface area contributed by atoms with E-state index in [1.807, 2.05) is 16.4 Å². The van der Waals surface area contributed by atoms with Gasteiger partial charge < -0.3 is 0 Å². The van der Waals surface area contributed by atoms with Crippen LogP contribution in [-0.4, -0.2) is 21.7 Å². The third kappa shape index (κ3) is 1.42. The molecule has 3 heteroatoms. The Labute approximate surface area is 64.0 Å². The van der Waals surface area contributed by atoms with E-state index in [4.69, 9.17) is 0 Å². The van der Waals surface area contributed by atoms with Gasteiger partial charge in [-0.05, 0) is 24.7 Å². The van der Waals surface area contributed by atoms with Gasteiger partial charge in [0, 0.05) is 6.20 Å². The van der Waals surface area contributed by atoms with Crippen LogP contribution in [0.1, 0.15) is 5.69 Å². The van der Waals surface area contributed by atoms with E-state index in [0.29, 0.717) is 0 Å². The highest BCUT2D eigenvalue weighted by Crippen LogP contribution is 2.15. The van der Waals surface area contributed by atoms with Gasteiger partial charge in [-0.15, -0.1) is 0 Å². The average Bonchev–Trinajstić information content (AvgIpc) is 2.34. The molecule has 0 amide bonds. The molecule has 0 N–H and O–H groups in total. The maximum absolute atomic E-state index is 4.26. The molecular formula is C7H12N2S. The Balaban J connectivity index is 2.88. The Morgan fingerprint density at radius 1 is 1.70 bits per heavy atom. The van der Waals surface area contributed by atoms with Crippen LogP contribution in [0.5, 0.6) is 0 Å². The summed E-state index contributed by atoms with van der Waals surface area (Å²) in [5.74, 6) is 0. The lowest BCUT2D eigenvalue weighted by Crippen LogP contribution is -1.92. The van der Waals surface area contributed by atoms with Crippen molar-refractivity contribution in [3.8, 4) is 0 Å². The van der Waals surface area contributed by atoms with Crippen LogP contribution in [0.15, 0.2) is 18.8 Å². The molecule has 0 fully saturated rings. The predicted octanol–water partition coefficient (Wildman–Crippen LogP) is 1.55.